The lowest BCUT2D eigenvalue weighted by Crippen LogP contribution is -2.03. The Hall–Kier alpha value is -1.98. The van der Waals surface area contributed by atoms with Crippen molar-refractivity contribution in [3.8, 4) is 11.4 Å². The summed E-state index contributed by atoms with van der Waals surface area (Å²) in [6, 6.07) is 13.5. The van der Waals surface area contributed by atoms with E-state index in [0.717, 1.165) is 15.6 Å². The van der Waals surface area contributed by atoms with Gasteiger partial charge in [0.05, 0.1) is 0 Å². The second-order valence-corrected chi connectivity index (χ2v) is 5.92. The first kappa shape index (κ1) is 14.9. The molecule has 1 aromatic carbocycles. The number of hydrogen-bond acceptors (Lipinski definition) is 4. The molecule has 110 valence electrons. The van der Waals surface area contributed by atoms with Crippen LogP contribution in [0, 0.1) is 0 Å². The first-order valence-corrected chi connectivity index (χ1v) is 7.81. The Balaban J connectivity index is 1.81. The number of benzene rings is 1. The molecule has 1 N–H and O–H groups in total. The van der Waals surface area contributed by atoms with Crippen molar-refractivity contribution in [3.05, 3.63) is 70.0 Å². The second-order valence-electron chi connectivity index (χ2n) is 4.62. The molecule has 0 saturated carbocycles. The zero-order valence-electron chi connectivity index (χ0n) is 11.5. The van der Waals surface area contributed by atoms with E-state index >= 15 is 0 Å². The molecule has 0 aliphatic rings. The molecule has 2 heterocycles. The highest BCUT2D eigenvalue weighted by molar-refractivity contribution is 9.10. The molecule has 0 saturated heterocycles. The maximum absolute atomic E-state index is 6.09. The SMILES string of the molecule is Clc1cc(NCc2cccc(Br)c2)nc(-c2ccncc2)n1. The van der Waals surface area contributed by atoms with Crippen molar-refractivity contribution in [1.82, 2.24) is 15.0 Å². The molecule has 3 aromatic rings. The summed E-state index contributed by atoms with van der Waals surface area (Å²) in [5.74, 6) is 1.26. The van der Waals surface area contributed by atoms with E-state index in [1.54, 1.807) is 18.5 Å². The maximum atomic E-state index is 6.09. The fourth-order valence-electron chi connectivity index (χ4n) is 1.98. The highest BCUT2D eigenvalue weighted by atomic mass is 79.9. The number of nitrogens with zero attached hydrogens (tertiary/aromatic N) is 3. The van der Waals surface area contributed by atoms with E-state index in [1.807, 2.05) is 30.3 Å². The lowest BCUT2D eigenvalue weighted by atomic mass is 10.2. The van der Waals surface area contributed by atoms with Gasteiger partial charge in [0.1, 0.15) is 11.0 Å². The van der Waals surface area contributed by atoms with E-state index in [4.69, 9.17) is 11.6 Å². The van der Waals surface area contributed by atoms with Gasteiger partial charge >= 0.3 is 0 Å². The van der Waals surface area contributed by atoms with Gasteiger partial charge < -0.3 is 5.32 Å². The first-order valence-electron chi connectivity index (χ1n) is 6.64. The number of anilines is 1. The topological polar surface area (TPSA) is 50.7 Å². The van der Waals surface area contributed by atoms with Gasteiger partial charge in [-0.1, -0.05) is 39.7 Å². The van der Waals surface area contributed by atoms with Gasteiger partial charge in [-0.05, 0) is 29.8 Å². The molecule has 0 aliphatic carbocycles. The van der Waals surface area contributed by atoms with Crippen LogP contribution in [0.1, 0.15) is 5.56 Å². The Bertz CT molecular complexity index is 780. The van der Waals surface area contributed by atoms with Gasteiger partial charge in [0, 0.05) is 35.0 Å². The van der Waals surface area contributed by atoms with Gasteiger partial charge in [-0.25, -0.2) is 9.97 Å². The van der Waals surface area contributed by atoms with E-state index in [9.17, 15) is 0 Å². The van der Waals surface area contributed by atoms with Gasteiger partial charge in [0.25, 0.3) is 0 Å². The molecule has 3 rings (SSSR count). The van der Waals surface area contributed by atoms with Crippen LogP contribution in [0.3, 0.4) is 0 Å². The molecule has 0 amide bonds. The number of nitrogens with one attached hydrogen (secondary N) is 1. The highest BCUT2D eigenvalue weighted by Gasteiger charge is 2.06. The monoisotopic (exact) mass is 374 g/mol. The van der Waals surface area contributed by atoms with Crippen LogP contribution in [-0.4, -0.2) is 15.0 Å². The van der Waals surface area contributed by atoms with Crippen molar-refractivity contribution in [2.75, 3.05) is 5.32 Å². The molecule has 0 unspecified atom stereocenters. The van der Waals surface area contributed by atoms with Gasteiger partial charge in [0.15, 0.2) is 5.82 Å². The van der Waals surface area contributed by atoms with Gasteiger partial charge in [-0.2, -0.15) is 0 Å². The molecular weight excluding hydrogens is 364 g/mol. The van der Waals surface area contributed by atoms with Gasteiger partial charge in [-0.3, -0.25) is 4.98 Å². The number of pyridine rings is 1. The predicted molar refractivity (Wildman–Crippen MR) is 91.7 cm³/mol. The van der Waals surface area contributed by atoms with Crippen molar-refractivity contribution in [1.29, 1.82) is 0 Å². The fourth-order valence-corrected chi connectivity index (χ4v) is 2.61. The predicted octanol–water partition coefficient (Wildman–Crippen LogP) is 4.57. The average Bonchev–Trinajstić information content (AvgIpc) is 2.53. The summed E-state index contributed by atoms with van der Waals surface area (Å²) >= 11 is 9.55. The standard InChI is InChI=1S/C16H12BrClN4/c17-13-3-1-2-11(8-13)10-20-15-9-14(18)21-16(22-15)12-4-6-19-7-5-12/h1-9H,10H2,(H,20,21,22). The summed E-state index contributed by atoms with van der Waals surface area (Å²) < 4.78 is 1.05. The number of rotatable bonds is 4. The summed E-state index contributed by atoms with van der Waals surface area (Å²) in [4.78, 5) is 12.7. The van der Waals surface area contributed by atoms with Crippen molar-refractivity contribution < 1.29 is 0 Å². The average molecular weight is 376 g/mol. The van der Waals surface area contributed by atoms with Gasteiger partial charge in [0.2, 0.25) is 0 Å². The summed E-state index contributed by atoms with van der Waals surface area (Å²) in [6.45, 7) is 0.655. The Morgan fingerprint density at radius 3 is 2.64 bits per heavy atom. The summed E-state index contributed by atoms with van der Waals surface area (Å²) in [5.41, 5.74) is 2.03. The number of hydrogen-bond donors (Lipinski definition) is 1. The van der Waals surface area contributed by atoms with Crippen molar-refractivity contribution in [3.63, 3.8) is 0 Å². The summed E-state index contributed by atoms with van der Waals surface area (Å²) in [5, 5.41) is 3.67. The molecule has 0 aliphatic heterocycles. The Labute approximate surface area is 141 Å². The van der Waals surface area contributed by atoms with Crippen LogP contribution in [0.2, 0.25) is 5.15 Å². The largest absolute Gasteiger partial charge is 0.366 e. The van der Waals surface area contributed by atoms with Crippen LogP contribution < -0.4 is 5.32 Å². The quantitative estimate of drug-likeness (QED) is 0.679. The zero-order chi connectivity index (χ0) is 15.4. The van der Waals surface area contributed by atoms with Crippen molar-refractivity contribution in [2.45, 2.75) is 6.54 Å². The number of halogens is 2. The van der Waals surface area contributed by atoms with E-state index in [1.165, 1.54) is 0 Å². The van der Waals surface area contributed by atoms with Crippen molar-refractivity contribution in [2.24, 2.45) is 0 Å². The minimum atomic E-state index is 0.401. The summed E-state index contributed by atoms with van der Waals surface area (Å²) in [6.07, 6.45) is 3.41. The molecule has 0 atom stereocenters. The minimum absolute atomic E-state index is 0.401. The third-order valence-corrected chi connectivity index (χ3v) is 3.68. The third-order valence-electron chi connectivity index (χ3n) is 3.00. The van der Waals surface area contributed by atoms with E-state index in [0.29, 0.717) is 23.3 Å². The zero-order valence-corrected chi connectivity index (χ0v) is 13.8. The minimum Gasteiger partial charge on any atom is -0.366 e. The third kappa shape index (κ3) is 3.81. The Morgan fingerprint density at radius 2 is 1.86 bits per heavy atom. The van der Waals surface area contributed by atoms with E-state index < -0.39 is 0 Å². The molecule has 6 heteroatoms. The lowest BCUT2D eigenvalue weighted by molar-refractivity contribution is 1.08. The van der Waals surface area contributed by atoms with Crippen LogP contribution >= 0.6 is 27.5 Å². The molecule has 22 heavy (non-hydrogen) atoms. The van der Waals surface area contributed by atoms with Crippen molar-refractivity contribution >= 4 is 33.3 Å². The van der Waals surface area contributed by atoms with E-state index in [2.05, 4.69) is 42.3 Å². The summed E-state index contributed by atoms with van der Waals surface area (Å²) in [7, 11) is 0. The maximum Gasteiger partial charge on any atom is 0.163 e. The smallest absolute Gasteiger partial charge is 0.163 e. The van der Waals surface area contributed by atoms with Crippen LogP contribution in [0.15, 0.2) is 59.3 Å². The number of aromatic nitrogens is 3. The first-order chi connectivity index (χ1) is 10.7. The normalized spacial score (nSPS) is 10.5. The Kier molecular flexibility index (Phi) is 4.65. The second kappa shape index (κ2) is 6.85. The molecule has 0 bridgehead atoms. The Morgan fingerprint density at radius 1 is 1.05 bits per heavy atom. The fraction of sp³-hybridized carbons (Fsp3) is 0.0625. The molecule has 0 radical (unpaired) electrons. The van der Waals surface area contributed by atoms with Crippen LogP contribution in [-0.2, 0) is 6.54 Å². The molecule has 4 nitrogen and oxygen atoms in total. The van der Waals surface area contributed by atoms with Crippen LogP contribution in [0.5, 0.6) is 0 Å². The molecule has 0 fully saturated rings. The lowest BCUT2D eigenvalue weighted by Gasteiger charge is -2.08. The molecule has 2 aromatic heterocycles. The highest BCUT2D eigenvalue weighted by Crippen LogP contribution is 2.20. The van der Waals surface area contributed by atoms with E-state index in [-0.39, 0.29) is 0 Å². The van der Waals surface area contributed by atoms with Crippen LogP contribution in [0.4, 0.5) is 5.82 Å². The molecular formula is C16H12BrClN4. The van der Waals surface area contributed by atoms with Crippen LogP contribution in [0.25, 0.3) is 11.4 Å². The molecule has 0 spiro atoms. The van der Waals surface area contributed by atoms with Gasteiger partial charge in [-0.15, -0.1) is 0 Å².